The van der Waals surface area contributed by atoms with Crippen molar-refractivity contribution in [1.82, 2.24) is 9.55 Å². The van der Waals surface area contributed by atoms with Crippen LogP contribution in [0.25, 0.3) is 11.0 Å². The molecule has 0 aliphatic carbocycles. The van der Waals surface area contributed by atoms with E-state index >= 15 is 0 Å². The summed E-state index contributed by atoms with van der Waals surface area (Å²) < 4.78 is 12.8. The van der Waals surface area contributed by atoms with E-state index in [0.29, 0.717) is 43.6 Å². The Balaban J connectivity index is 1.95. The van der Waals surface area contributed by atoms with Crippen molar-refractivity contribution in [2.75, 3.05) is 18.9 Å². The molecule has 0 saturated heterocycles. The number of carbonyl (C=O) groups is 1. The fourth-order valence-electron chi connectivity index (χ4n) is 2.30. The summed E-state index contributed by atoms with van der Waals surface area (Å²) in [7, 11) is 0. The number of fused-ring (bicyclic) bond motifs is 2. The van der Waals surface area contributed by atoms with Gasteiger partial charge in [0.15, 0.2) is 11.5 Å². The SMILES string of the molecule is Nc1nc2cc3c(cc2n1CCCC(=O)O)OCCO3. The predicted octanol–water partition coefficient (Wildman–Crippen LogP) is 1.25. The lowest BCUT2D eigenvalue weighted by Gasteiger charge is -2.18. The van der Waals surface area contributed by atoms with Crippen LogP contribution in [0.15, 0.2) is 12.1 Å². The van der Waals surface area contributed by atoms with Gasteiger partial charge in [-0.25, -0.2) is 4.98 Å². The number of aryl methyl sites for hydroxylation is 1. The van der Waals surface area contributed by atoms with Crippen molar-refractivity contribution in [2.24, 2.45) is 0 Å². The van der Waals surface area contributed by atoms with Gasteiger partial charge in [0.05, 0.1) is 11.0 Å². The number of nitrogen functional groups attached to an aromatic ring is 1. The van der Waals surface area contributed by atoms with Crippen LogP contribution >= 0.6 is 0 Å². The molecule has 1 aromatic carbocycles. The van der Waals surface area contributed by atoms with Crippen molar-refractivity contribution in [3.63, 3.8) is 0 Å². The molecule has 0 radical (unpaired) electrons. The van der Waals surface area contributed by atoms with E-state index in [4.69, 9.17) is 20.3 Å². The van der Waals surface area contributed by atoms with Gasteiger partial charge in [0.2, 0.25) is 5.95 Å². The fourth-order valence-corrected chi connectivity index (χ4v) is 2.30. The maximum absolute atomic E-state index is 10.6. The second-order valence-electron chi connectivity index (χ2n) is 4.60. The molecule has 0 saturated carbocycles. The molecule has 2 heterocycles. The van der Waals surface area contributed by atoms with Gasteiger partial charge in [0.1, 0.15) is 13.2 Å². The molecule has 106 valence electrons. The lowest BCUT2D eigenvalue weighted by atomic mass is 10.2. The van der Waals surface area contributed by atoms with Gasteiger partial charge < -0.3 is 24.9 Å². The molecule has 7 heteroatoms. The number of aromatic nitrogens is 2. The number of imidazole rings is 1. The Morgan fingerprint density at radius 2 is 2.05 bits per heavy atom. The molecule has 0 fully saturated rings. The molecule has 0 atom stereocenters. The number of aliphatic carboxylic acids is 1. The van der Waals surface area contributed by atoms with Gasteiger partial charge in [-0.3, -0.25) is 4.79 Å². The van der Waals surface area contributed by atoms with Gasteiger partial charge in [0, 0.05) is 25.1 Å². The molecule has 1 aliphatic heterocycles. The quantitative estimate of drug-likeness (QED) is 0.872. The van der Waals surface area contributed by atoms with Crippen LogP contribution in [-0.2, 0) is 11.3 Å². The maximum Gasteiger partial charge on any atom is 0.303 e. The third-order valence-corrected chi connectivity index (χ3v) is 3.21. The van der Waals surface area contributed by atoms with Gasteiger partial charge in [-0.15, -0.1) is 0 Å². The Kier molecular flexibility index (Phi) is 3.09. The van der Waals surface area contributed by atoms with E-state index < -0.39 is 5.97 Å². The van der Waals surface area contributed by atoms with Crippen LogP contribution < -0.4 is 15.2 Å². The summed E-state index contributed by atoms with van der Waals surface area (Å²) in [6.45, 7) is 1.54. The first-order valence-corrected chi connectivity index (χ1v) is 6.42. The van der Waals surface area contributed by atoms with E-state index in [9.17, 15) is 4.79 Å². The lowest BCUT2D eigenvalue weighted by molar-refractivity contribution is -0.137. The number of hydrogen-bond donors (Lipinski definition) is 2. The summed E-state index contributed by atoms with van der Waals surface area (Å²) in [6, 6.07) is 3.64. The Morgan fingerprint density at radius 3 is 2.75 bits per heavy atom. The number of nitrogens with two attached hydrogens (primary N) is 1. The smallest absolute Gasteiger partial charge is 0.303 e. The number of carboxylic acid groups (broad SMARTS) is 1. The highest BCUT2D eigenvalue weighted by Crippen LogP contribution is 2.35. The molecule has 1 aliphatic rings. The Morgan fingerprint density at radius 1 is 1.35 bits per heavy atom. The van der Waals surface area contributed by atoms with E-state index in [1.807, 2.05) is 6.07 Å². The fraction of sp³-hybridized carbons (Fsp3) is 0.385. The standard InChI is InChI=1S/C13H15N3O4/c14-13-15-8-6-10-11(20-5-4-19-10)7-9(8)16(13)3-1-2-12(17)18/h6-7H,1-5H2,(H2,14,15)(H,17,18). The highest BCUT2D eigenvalue weighted by molar-refractivity contribution is 5.82. The highest BCUT2D eigenvalue weighted by atomic mass is 16.6. The topological polar surface area (TPSA) is 99.6 Å². The summed E-state index contributed by atoms with van der Waals surface area (Å²) >= 11 is 0. The predicted molar refractivity (Wildman–Crippen MR) is 72.0 cm³/mol. The third-order valence-electron chi connectivity index (χ3n) is 3.21. The minimum absolute atomic E-state index is 0.101. The van der Waals surface area contributed by atoms with E-state index in [2.05, 4.69) is 4.98 Å². The van der Waals surface area contributed by atoms with Gasteiger partial charge in [-0.2, -0.15) is 0 Å². The molecule has 0 spiro atoms. The molecule has 7 nitrogen and oxygen atoms in total. The summed E-state index contributed by atoms with van der Waals surface area (Å²) in [4.78, 5) is 14.9. The molecule has 20 heavy (non-hydrogen) atoms. The van der Waals surface area contributed by atoms with Crippen molar-refractivity contribution in [3.05, 3.63) is 12.1 Å². The number of rotatable bonds is 4. The van der Waals surface area contributed by atoms with E-state index in [0.717, 1.165) is 11.0 Å². The van der Waals surface area contributed by atoms with Crippen LogP contribution in [0.3, 0.4) is 0 Å². The molecule has 0 amide bonds. The van der Waals surface area contributed by atoms with Gasteiger partial charge >= 0.3 is 5.97 Å². The molecule has 3 N–H and O–H groups in total. The largest absolute Gasteiger partial charge is 0.486 e. The number of benzene rings is 1. The average Bonchev–Trinajstić information content (AvgIpc) is 2.71. The Labute approximate surface area is 114 Å². The number of hydrogen-bond acceptors (Lipinski definition) is 5. The molecular weight excluding hydrogens is 262 g/mol. The van der Waals surface area contributed by atoms with Crippen molar-refractivity contribution in [3.8, 4) is 11.5 Å². The molecule has 1 aromatic heterocycles. The minimum Gasteiger partial charge on any atom is -0.486 e. The first-order valence-electron chi connectivity index (χ1n) is 6.42. The van der Waals surface area contributed by atoms with Crippen LogP contribution in [0.5, 0.6) is 11.5 Å². The highest BCUT2D eigenvalue weighted by Gasteiger charge is 2.17. The maximum atomic E-state index is 10.6. The second-order valence-corrected chi connectivity index (χ2v) is 4.60. The first kappa shape index (κ1) is 12.6. The van der Waals surface area contributed by atoms with Crippen molar-refractivity contribution in [2.45, 2.75) is 19.4 Å². The van der Waals surface area contributed by atoms with Gasteiger partial charge in [-0.05, 0) is 6.42 Å². The molecular formula is C13H15N3O4. The van der Waals surface area contributed by atoms with E-state index in [1.54, 1.807) is 10.6 Å². The van der Waals surface area contributed by atoms with Crippen molar-refractivity contribution < 1.29 is 19.4 Å². The van der Waals surface area contributed by atoms with Gasteiger partial charge in [0.25, 0.3) is 0 Å². The zero-order valence-electron chi connectivity index (χ0n) is 10.8. The summed E-state index contributed by atoms with van der Waals surface area (Å²) in [5.74, 6) is 0.886. The molecule has 0 unspecified atom stereocenters. The number of anilines is 1. The molecule has 2 aromatic rings. The Bertz CT molecular complexity index is 665. The average molecular weight is 277 g/mol. The van der Waals surface area contributed by atoms with E-state index in [1.165, 1.54) is 0 Å². The Hall–Kier alpha value is -2.44. The first-order chi connectivity index (χ1) is 9.65. The van der Waals surface area contributed by atoms with E-state index in [-0.39, 0.29) is 6.42 Å². The zero-order chi connectivity index (χ0) is 14.1. The number of nitrogens with zero attached hydrogens (tertiary/aromatic N) is 2. The van der Waals surface area contributed by atoms with Crippen LogP contribution in [0.2, 0.25) is 0 Å². The summed E-state index contributed by atoms with van der Waals surface area (Å²) in [5.41, 5.74) is 7.45. The minimum atomic E-state index is -0.817. The zero-order valence-corrected chi connectivity index (χ0v) is 10.8. The van der Waals surface area contributed by atoms with Crippen molar-refractivity contribution in [1.29, 1.82) is 0 Å². The third kappa shape index (κ3) is 2.22. The lowest BCUT2D eigenvalue weighted by Crippen LogP contribution is -2.15. The van der Waals surface area contributed by atoms with Gasteiger partial charge in [-0.1, -0.05) is 0 Å². The normalized spacial score (nSPS) is 13.6. The van der Waals surface area contributed by atoms with Crippen LogP contribution in [-0.4, -0.2) is 33.8 Å². The number of carboxylic acids is 1. The van der Waals surface area contributed by atoms with Crippen LogP contribution in [0.1, 0.15) is 12.8 Å². The molecule has 0 bridgehead atoms. The monoisotopic (exact) mass is 277 g/mol. The summed E-state index contributed by atoms with van der Waals surface area (Å²) in [5, 5.41) is 8.69. The summed E-state index contributed by atoms with van der Waals surface area (Å²) in [6.07, 6.45) is 0.600. The van der Waals surface area contributed by atoms with Crippen LogP contribution in [0.4, 0.5) is 5.95 Å². The second kappa shape index (κ2) is 4.92. The van der Waals surface area contributed by atoms with Crippen molar-refractivity contribution >= 4 is 23.0 Å². The number of ether oxygens (including phenoxy) is 2. The van der Waals surface area contributed by atoms with Crippen LogP contribution in [0, 0.1) is 0 Å². The molecule has 3 rings (SSSR count).